The van der Waals surface area contributed by atoms with Crippen molar-refractivity contribution in [1.29, 1.82) is 0 Å². The van der Waals surface area contributed by atoms with E-state index in [2.05, 4.69) is 102 Å². The number of benzene rings is 4. The van der Waals surface area contributed by atoms with Crippen molar-refractivity contribution in [2.45, 2.75) is 50.6 Å². The molecule has 3 aliphatic heterocycles. The predicted octanol–water partition coefficient (Wildman–Crippen LogP) is 4.16. The van der Waals surface area contributed by atoms with Crippen LogP contribution in [0.2, 0.25) is 0 Å². The van der Waals surface area contributed by atoms with Gasteiger partial charge in [-0.05, 0) is 49.7 Å². The van der Waals surface area contributed by atoms with Gasteiger partial charge in [-0.1, -0.05) is 139 Å². The SMILES string of the molecule is C(=NC(c1ccccc1)c1ccccc1)c1ccc(C=[NH+]C(c2ccccc2)c2ccccc2)[n-]1.C1CCOC1.C1CCOC1.C1CCOC1.[I-].[Sr+2]. The summed E-state index contributed by atoms with van der Waals surface area (Å²) in [5.74, 6) is 0. The van der Waals surface area contributed by atoms with E-state index < -0.39 is 0 Å². The van der Waals surface area contributed by atoms with Crippen LogP contribution >= 0.6 is 0 Å². The minimum Gasteiger partial charge on any atom is -1.00 e. The number of hydrogen-bond acceptors (Lipinski definition) is 4. The molecule has 52 heavy (non-hydrogen) atoms. The quantitative estimate of drug-likeness (QED) is 0.145. The van der Waals surface area contributed by atoms with E-state index in [1.165, 1.54) is 49.7 Å². The molecule has 0 radical (unpaired) electrons. The topological polar surface area (TPSA) is 68.1 Å². The van der Waals surface area contributed by atoms with Crippen molar-refractivity contribution in [2.24, 2.45) is 4.99 Å². The van der Waals surface area contributed by atoms with Crippen LogP contribution < -0.4 is 34.0 Å². The van der Waals surface area contributed by atoms with E-state index in [0.29, 0.717) is 0 Å². The van der Waals surface area contributed by atoms with Crippen molar-refractivity contribution < 1.29 is 43.2 Å². The number of rotatable bonds is 8. The van der Waals surface area contributed by atoms with E-state index in [9.17, 15) is 0 Å². The number of halogens is 1. The van der Waals surface area contributed by atoms with Gasteiger partial charge in [0.1, 0.15) is 6.21 Å². The molecule has 8 rings (SSSR count). The van der Waals surface area contributed by atoms with Crippen LogP contribution in [0.4, 0.5) is 0 Å². The molecule has 1 N–H and O–H groups in total. The molecule has 6 nitrogen and oxygen atoms in total. The van der Waals surface area contributed by atoms with Gasteiger partial charge in [0.05, 0.1) is 6.04 Å². The monoisotopic (exact) mass is 884 g/mol. The van der Waals surface area contributed by atoms with Gasteiger partial charge in [0, 0.05) is 57.0 Å². The zero-order valence-corrected chi connectivity index (χ0v) is 35.8. The molecule has 3 aliphatic rings. The zero-order valence-electron chi connectivity index (χ0n) is 30.2. The van der Waals surface area contributed by atoms with Crippen molar-refractivity contribution in [1.82, 2.24) is 4.98 Å². The summed E-state index contributed by atoms with van der Waals surface area (Å²) in [5.41, 5.74) is 6.44. The molecule has 0 bridgehead atoms. The number of nitrogens with zero attached hydrogens (tertiary/aromatic N) is 2. The second-order valence-electron chi connectivity index (χ2n) is 12.3. The van der Waals surface area contributed by atoms with Gasteiger partial charge >= 0.3 is 45.5 Å². The van der Waals surface area contributed by atoms with Gasteiger partial charge in [0.2, 0.25) is 6.04 Å². The maximum atomic E-state index is 4.94. The van der Waals surface area contributed by atoms with Crippen molar-refractivity contribution in [3.63, 3.8) is 0 Å². The zero-order chi connectivity index (χ0) is 34.3. The van der Waals surface area contributed by atoms with Gasteiger partial charge in [0.25, 0.3) is 0 Å². The van der Waals surface area contributed by atoms with Crippen LogP contribution in [-0.2, 0) is 14.2 Å². The van der Waals surface area contributed by atoms with E-state index in [0.717, 1.165) is 62.2 Å². The van der Waals surface area contributed by atoms with E-state index in [1.54, 1.807) is 0 Å². The van der Waals surface area contributed by atoms with Gasteiger partial charge in [0.15, 0.2) is 0 Å². The maximum Gasteiger partial charge on any atom is 2.00 e. The summed E-state index contributed by atoms with van der Waals surface area (Å²) in [5, 5.41) is 0. The predicted molar refractivity (Wildman–Crippen MR) is 209 cm³/mol. The smallest absolute Gasteiger partial charge is 1.00 e. The Bertz CT molecular complexity index is 1410. The summed E-state index contributed by atoms with van der Waals surface area (Å²) in [6.07, 6.45) is 11.5. The number of nitrogens with one attached hydrogen (secondary N) is 1. The molecule has 3 saturated heterocycles. The second kappa shape index (κ2) is 27.2. The fourth-order valence-corrected chi connectivity index (χ4v) is 5.71. The molecule has 268 valence electrons. The normalized spacial score (nSPS) is 14.8. The van der Waals surface area contributed by atoms with Crippen LogP contribution in [-0.4, -0.2) is 97.6 Å². The fraction of sp³-hybridized carbons (Fsp3) is 0.318. The van der Waals surface area contributed by atoms with E-state index in [4.69, 9.17) is 24.2 Å². The molecule has 0 aliphatic carbocycles. The molecule has 5 aromatic rings. The Hall–Kier alpha value is -2.41. The molecule has 0 unspecified atom stereocenters. The Balaban J connectivity index is 0.000000353. The summed E-state index contributed by atoms with van der Waals surface area (Å²) < 4.78 is 14.8. The average molecular weight is 884 g/mol. The first-order valence-corrected chi connectivity index (χ1v) is 18.1. The van der Waals surface area contributed by atoms with Crippen molar-refractivity contribution in [3.05, 3.63) is 167 Å². The minimum atomic E-state index is -0.0693. The first kappa shape index (κ1) is 44.0. The maximum absolute atomic E-state index is 4.94. The van der Waals surface area contributed by atoms with Crippen molar-refractivity contribution in [3.8, 4) is 0 Å². The third-order valence-electron chi connectivity index (χ3n) is 8.42. The van der Waals surface area contributed by atoms with E-state index in [-0.39, 0.29) is 81.5 Å². The number of aliphatic imine (C=N–C) groups is 1. The molecular formula is C44H51IN3O3Sr+. The minimum absolute atomic E-state index is 0. The summed E-state index contributed by atoms with van der Waals surface area (Å²) in [4.78, 5) is 13.2. The molecule has 0 spiro atoms. The van der Waals surface area contributed by atoms with Gasteiger partial charge in [-0.2, -0.15) is 0 Å². The van der Waals surface area contributed by atoms with Crippen LogP contribution in [0.3, 0.4) is 0 Å². The van der Waals surface area contributed by atoms with Crippen LogP contribution in [0.5, 0.6) is 0 Å². The van der Waals surface area contributed by atoms with Gasteiger partial charge in [-0.25, -0.2) is 4.99 Å². The average Bonchev–Trinajstić information content (AvgIpc) is 4.04. The molecule has 4 heterocycles. The Morgan fingerprint density at radius 1 is 0.481 bits per heavy atom. The van der Waals surface area contributed by atoms with Crippen LogP contribution in [0, 0.1) is 0 Å². The molecule has 1 aromatic heterocycles. The summed E-state index contributed by atoms with van der Waals surface area (Å²) >= 11 is 0. The molecule has 0 saturated carbocycles. The Kier molecular flexibility index (Phi) is 23.0. The first-order valence-electron chi connectivity index (χ1n) is 18.1. The van der Waals surface area contributed by atoms with Crippen LogP contribution in [0.25, 0.3) is 0 Å². The van der Waals surface area contributed by atoms with Crippen LogP contribution in [0.15, 0.2) is 138 Å². The van der Waals surface area contributed by atoms with Crippen molar-refractivity contribution >= 4 is 57.9 Å². The number of hydrogen-bond donors (Lipinski definition) is 1. The summed E-state index contributed by atoms with van der Waals surface area (Å²) in [6.45, 7) is 6.00. The summed E-state index contributed by atoms with van der Waals surface area (Å²) in [7, 11) is 0. The standard InChI is InChI=1S/C32H26N3.3C4H8O.HI.Sr/c1-5-13-25(14-6-1)31(26-15-7-2-8-16-26)33-23-29-21-22-30(35-29)24-34-32(27-17-9-3-10-18-27)28-19-11-4-12-20-28;3*1-2-4-5-3-1;;/h1-24,31-32H;3*1-4H2;1H;/q-1;;;;;+2. The Labute approximate surface area is 364 Å². The first-order chi connectivity index (χ1) is 24.9. The molecule has 0 amide bonds. The van der Waals surface area contributed by atoms with E-state index >= 15 is 0 Å². The van der Waals surface area contributed by atoms with Gasteiger partial charge in [-0.3, -0.25) is 4.99 Å². The van der Waals surface area contributed by atoms with Crippen molar-refractivity contribution in [2.75, 3.05) is 39.6 Å². The summed E-state index contributed by atoms with van der Waals surface area (Å²) in [6, 6.07) is 45.6. The number of aromatic nitrogens is 1. The van der Waals surface area contributed by atoms with Gasteiger partial charge < -0.3 is 43.2 Å². The fourth-order valence-electron chi connectivity index (χ4n) is 5.71. The molecule has 3 fully saturated rings. The van der Waals surface area contributed by atoms with Crippen LogP contribution in [0.1, 0.15) is 84.3 Å². The second-order valence-corrected chi connectivity index (χ2v) is 12.3. The largest absolute Gasteiger partial charge is 2.00 e. The molecule has 4 aromatic carbocycles. The molecule has 0 atom stereocenters. The third kappa shape index (κ3) is 16.3. The Morgan fingerprint density at radius 3 is 1.17 bits per heavy atom. The van der Waals surface area contributed by atoms with Gasteiger partial charge in [-0.15, -0.1) is 5.69 Å². The molecular weight excluding hydrogens is 833 g/mol. The third-order valence-corrected chi connectivity index (χ3v) is 8.42. The Morgan fingerprint density at radius 2 is 0.827 bits per heavy atom. The number of ether oxygens (including phenoxy) is 3. The molecule has 8 heteroatoms. The van der Waals surface area contributed by atoms with E-state index in [1.807, 2.05) is 48.8 Å².